The Morgan fingerprint density at radius 2 is 2.06 bits per heavy atom. The predicted octanol–water partition coefficient (Wildman–Crippen LogP) is 1.12. The maximum atomic E-state index is 12.1. The van der Waals surface area contributed by atoms with Crippen LogP contribution in [0.4, 0.5) is 0 Å². The van der Waals surface area contributed by atoms with Gasteiger partial charge < -0.3 is 14.8 Å². The van der Waals surface area contributed by atoms with Crippen LogP contribution in [-0.2, 0) is 11.3 Å². The normalized spacial score (nSPS) is 14.2. The number of carbonyl (C=O) groups is 1. The second kappa shape index (κ2) is 7.16. The number of rotatable bonds is 7. The van der Waals surface area contributed by atoms with Gasteiger partial charge in [-0.25, -0.2) is 4.98 Å². The lowest BCUT2D eigenvalue weighted by Gasteiger charge is -2.26. The van der Waals surface area contributed by atoms with E-state index in [0.29, 0.717) is 0 Å². The minimum atomic E-state index is -0.150. The average molecular weight is 252 g/mol. The smallest absolute Gasteiger partial charge is 0.239 e. The van der Waals surface area contributed by atoms with Crippen molar-refractivity contribution in [2.75, 3.05) is 13.1 Å². The number of nitrogens with zero attached hydrogens (tertiary/aromatic N) is 3. The largest absolute Gasteiger partial charge is 0.342 e. The van der Waals surface area contributed by atoms with Gasteiger partial charge in [-0.2, -0.15) is 0 Å². The highest BCUT2D eigenvalue weighted by atomic mass is 16.2. The molecule has 5 heteroatoms. The fourth-order valence-electron chi connectivity index (χ4n) is 2.07. The zero-order valence-corrected chi connectivity index (χ0v) is 11.8. The summed E-state index contributed by atoms with van der Waals surface area (Å²) in [6.45, 7) is 10.3. The molecule has 1 amide bonds. The Balaban J connectivity index is 2.43. The summed E-state index contributed by atoms with van der Waals surface area (Å²) < 4.78 is 2.01. The molecule has 2 atom stereocenters. The Morgan fingerprint density at radius 3 is 2.56 bits per heavy atom. The molecule has 2 unspecified atom stereocenters. The molecule has 1 N–H and O–H groups in total. The standard InChI is InChI=1S/C13H24N4O/c1-5-17(6-2)13(18)12(4)15-11(3)9-16-8-7-14-10-16/h7-8,10-12,15H,5-6,9H2,1-4H3. The van der Waals surface area contributed by atoms with Crippen LogP contribution in [0.15, 0.2) is 18.7 Å². The van der Waals surface area contributed by atoms with E-state index >= 15 is 0 Å². The molecule has 0 aliphatic heterocycles. The van der Waals surface area contributed by atoms with Crippen molar-refractivity contribution >= 4 is 5.91 Å². The number of likely N-dealkylation sites (N-methyl/N-ethyl adjacent to an activating group) is 1. The molecule has 0 radical (unpaired) electrons. The van der Waals surface area contributed by atoms with Gasteiger partial charge in [-0.1, -0.05) is 0 Å². The summed E-state index contributed by atoms with van der Waals surface area (Å²) in [7, 11) is 0. The fraction of sp³-hybridized carbons (Fsp3) is 0.692. The number of hydrogen-bond acceptors (Lipinski definition) is 3. The molecule has 1 aromatic heterocycles. The van der Waals surface area contributed by atoms with Gasteiger partial charge in [-0.3, -0.25) is 4.79 Å². The van der Waals surface area contributed by atoms with Gasteiger partial charge in [-0.15, -0.1) is 0 Å². The van der Waals surface area contributed by atoms with Crippen LogP contribution in [0.5, 0.6) is 0 Å². The first-order valence-electron chi connectivity index (χ1n) is 6.59. The molecule has 1 heterocycles. The molecule has 5 nitrogen and oxygen atoms in total. The van der Waals surface area contributed by atoms with Gasteiger partial charge >= 0.3 is 0 Å². The van der Waals surface area contributed by atoms with E-state index in [2.05, 4.69) is 17.2 Å². The summed E-state index contributed by atoms with van der Waals surface area (Å²) in [5, 5.41) is 3.33. The number of carbonyl (C=O) groups excluding carboxylic acids is 1. The maximum absolute atomic E-state index is 12.1. The first-order chi connectivity index (χ1) is 8.58. The summed E-state index contributed by atoms with van der Waals surface area (Å²) in [5.74, 6) is 0.164. The summed E-state index contributed by atoms with van der Waals surface area (Å²) in [4.78, 5) is 17.9. The molecule has 0 fully saturated rings. The van der Waals surface area contributed by atoms with E-state index in [1.165, 1.54) is 0 Å². The lowest BCUT2D eigenvalue weighted by atomic mass is 10.2. The maximum Gasteiger partial charge on any atom is 0.239 e. The SMILES string of the molecule is CCN(CC)C(=O)C(C)NC(C)Cn1ccnc1. The number of aromatic nitrogens is 2. The summed E-state index contributed by atoms with van der Waals surface area (Å²) in [6, 6.07) is 0.0807. The van der Waals surface area contributed by atoms with Crippen LogP contribution in [-0.4, -0.2) is 45.5 Å². The highest BCUT2D eigenvalue weighted by molar-refractivity contribution is 5.81. The van der Waals surface area contributed by atoms with E-state index in [1.807, 2.05) is 36.4 Å². The van der Waals surface area contributed by atoms with E-state index in [4.69, 9.17) is 0 Å². The molecule has 0 saturated heterocycles. The molecule has 1 aromatic rings. The third-order valence-corrected chi connectivity index (χ3v) is 3.02. The predicted molar refractivity (Wildman–Crippen MR) is 72.2 cm³/mol. The lowest BCUT2D eigenvalue weighted by Crippen LogP contribution is -2.48. The Morgan fingerprint density at radius 1 is 1.39 bits per heavy atom. The van der Waals surface area contributed by atoms with Gasteiger partial charge in [0, 0.05) is 38.1 Å². The van der Waals surface area contributed by atoms with Crippen LogP contribution in [0.2, 0.25) is 0 Å². The Labute approximate surface area is 109 Å². The second-order valence-electron chi connectivity index (χ2n) is 4.56. The number of amides is 1. The lowest BCUT2D eigenvalue weighted by molar-refractivity contribution is -0.132. The Bertz CT molecular complexity index is 346. The third-order valence-electron chi connectivity index (χ3n) is 3.02. The van der Waals surface area contributed by atoms with E-state index in [1.54, 1.807) is 12.5 Å². The van der Waals surface area contributed by atoms with Gasteiger partial charge in [-0.05, 0) is 27.7 Å². The van der Waals surface area contributed by atoms with E-state index in [-0.39, 0.29) is 18.0 Å². The highest BCUT2D eigenvalue weighted by Crippen LogP contribution is 1.98. The average Bonchev–Trinajstić information content (AvgIpc) is 2.82. The Hall–Kier alpha value is -1.36. The van der Waals surface area contributed by atoms with Gasteiger partial charge in [0.05, 0.1) is 12.4 Å². The monoisotopic (exact) mass is 252 g/mol. The van der Waals surface area contributed by atoms with Gasteiger partial charge in [0.25, 0.3) is 0 Å². The molecular weight excluding hydrogens is 228 g/mol. The number of hydrogen-bond donors (Lipinski definition) is 1. The van der Waals surface area contributed by atoms with Crippen LogP contribution in [0.1, 0.15) is 27.7 Å². The van der Waals surface area contributed by atoms with Crippen molar-refractivity contribution in [1.82, 2.24) is 19.8 Å². The van der Waals surface area contributed by atoms with Crippen LogP contribution >= 0.6 is 0 Å². The van der Waals surface area contributed by atoms with E-state index in [9.17, 15) is 4.79 Å². The molecule has 0 aromatic carbocycles. The van der Waals surface area contributed by atoms with Crippen LogP contribution in [0.25, 0.3) is 0 Å². The van der Waals surface area contributed by atoms with Crippen molar-refractivity contribution in [3.63, 3.8) is 0 Å². The van der Waals surface area contributed by atoms with Crippen LogP contribution < -0.4 is 5.32 Å². The van der Waals surface area contributed by atoms with Crippen molar-refractivity contribution < 1.29 is 4.79 Å². The van der Waals surface area contributed by atoms with Gasteiger partial charge in [0.1, 0.15) is 0 Å². The molecule has 18 heavy (non-hydrogen) atoms. The molecule has 0 bridgehead atoms. The Kier molecular flexibility index (Phi) is 5.85. The summed E-state index contributed by atoms with van der Waals surface area (Å²) in [5.41, 5.74) is 0. The van der Waals surface area contributed by atoms with E-state index in [0.717, 1.165) is 19.6 Å². The molecule has 0 saturated carbocycles. The molecule has 1 rings (SSSR count). The van der Waals surface area contributed by atoms with Gasteiger partial charge in [0.2, 0.25) is 5.91 Å². The quantitative estimate of drug-likeness (QED) is 0.791. The van der Waals surface area contributed by atoms with Crippen LogP contribution in [0.3, 0.4) is 0 Å². The third kappa shape index (κ3) is 4.14. The molecule has 0 spiro atoms. The first kappa shape index (κ1) is 14.7. The zero-order chi connectivity index (χ0) is 13.5. The molecule has 102 valence electrons. The minimum Gasteiger partial charge on any atom is -0.342 e. The number of nitrogens with one attached hydrogen (secondary N) is 1. The van der Waals surface area contributed by atoms with Crippen molar-refractivity contribution in [1.29, 1.82) is 0 Å². The van der Waals surface area contributed by atoms with Crippen molar-refractivity contribution in [2.45, 2.75) is 46.3 Å². The topological polar surface area (TPSA) is 50.2 Å². The van der Waals surface area contributed by atoms with Crippen LogP contribution in [0, 0.1) is 0 Å². The molecule has 0 aliphatic carbocycles. The fourth-order valence-corrected chi connectivity index (χ4v) is 2.07. The molecular formula is C13H24N4O. The van der Waals surface area contributed by atoms with Gasteiger partial charge in [0.15, 0.2) is 0 Å². The van der Waals surface area contributed by atoms with Crippen molar-refractivity contribution in [2.24, 2.45) is 0 Å². The van der Waals surface area contributed by atoms with Crippen molar-refractivity contribution in [3.05, 3.63) is 18.7 Å². The summed E-state index contributed by atoms with van der Waals surface area (Å²) in [6.07, 6.45) is 5.47. The summed E-state index contributed by atoms with van der Waals surface area (Å²) >= 11 is 0. The molecule has 0 aliphatic rings. The van der Waals surface area contributed by atoms with E-state index < -0.39 is 0 Å². The second-order valence-corrected chi connectivity index (χ2v) is 4.56. The minimum absolute atomic E-state index is 0.150. The number of imidazole rings is 1. The van der Waals surface area contributed by atoms with Crippen molar-refractivity contribution in [3.8, 4) is 0 Å². The first-order valence-corrected chi connectivity index (χ1v) is 6.59. The zero-order valence-electron chi connectivity index (χ0n) is 11.8. The highest BCUT2D eigenvalue weighted by Gasteiger charge is 2.19.